The van der Waals surface area contributed by atoms with Crippen LogP contribution in [0.1, 0.15) is 6.92 Å². The van der Waals surface area contributed by atoms with Crippen molar-refractivity contribution in [2.24, 2.45) is 0 Å². The molecule has 2 aromatic rings. The standard InChI is InChI=1S/C16H17ClN2O3/c1-2-21-12-4-6-13(7-5-12)22-10-16(20)19-11-3-8-14(17)15(18)9-11/h3-9H,2,10,18H2,1H3,(H,19,20). The van der Waals surface area contributed by atoms with Gasteiger partial charge in [0.05, 0.1) is 17.3 Å². The molecule has 0 aliphatic rings. The van der Waals surface area contributed by atoms with Gasteiger partial charge in [0.15, 0.2) is 6.61 Å². The fourth-order valence-corrected chi connectivity index (χ4v) is 1.88. The molecule has 22 heavy (non-hydrogen) atoms. The van der Waals surface area contributed by atoms with E-state index in [4.69, 9.17) is 26.8 Å². The van der Waals surface area contributed by atoms with Crippen LogP contribution in [0.5, 0.6) is 11.5 Å². The normalized spacial score (nSPS) is 10.1. The van der Waals surface area contributed by atoms with Crippen LogP contribution in [0.25, 0.3) is 0 Å². The Labute approximate surface area is 134 Å². The van der Waals surface area contributed by atoms with Crippen molar-refractivity contribution >= 4 is 28.9 Å². The van der Waals surface area contributed by atoms with Gasteiger partial charge in [-0.05, 0) is 49.4 Å². The lowest BCUT2D eigenvalue weighted by atomic mass is 10.3. The minimum atomic E-state index is -0.282. The average Bonchev–Trinajstić information content (AvgIpc) is 2.51. The van der Waals surface area contributed by atoms with Crippen LogP contribution in [0.4, 0.5) is 11.4 Å². The van der Waals surface area contributed by atoms with Crippen LogP contribution in [-0.4, -0.2) is 19.1 Å². The number of carbonyl (C=O) groups is 1. The van der Waals surface area contributed by atoms with E-state index < -0.39 is 0 Å². The summed E-state index contributed by atoms with van der Waals surface area (Å²) in [6, 6.07) is 12.0. The summed E-state index contributed by atoms with van der Waals surface area (Å²) in [6.07, 6.45) is 0. The monoisotopic (exact) mass is 320 g/mol. The number of anilines is 2. The van der Waals surface area contributed by atoms with Crippen molar-refractivity contribution in [3.8, 4) is 11.5 Å². The average molecular weight is 321 g/mol. The van der Waals surface area contributed by atoms with Crippen molar-refractivity contribution in [1.29, 1.82) is 0 Å². The molecule has 1 amide bonds. The van der Waals surface area contributed by atoms with E-state index >= 15 is 0 Å². The summed E-state index contributed by atoms with van der Waals surface area (Å²) >= 11 is 5.82. The number of carbonyl (C=O) groups excluding carboxylic acids is 1. The number of amides is 1. The number of benzene rings is 2. The number of hydrogen-bond donors (Lipinski definition) is 2. The third-order valence-corrected chi connectivity index (χ3v) is 3.13. The minimum absolute atomic E-state index is 0.101. The molecular weight excluding hydrogens is 304 g/mol. The Hall–Kier alpha value is -2.40. The molecule has 0 spiro atoms. The Morgan fingerprint density at radius 2 is 1.77 bits per heavy atom. The third-order valence-electron chi connectivity index (χ3n) is 2.78. The lowest BCUT2D eigenvalue weighted by molar-refractivity contribution is -0.118. The number of ether oxygens (including phenoxy) is 2. The van der Waals surface area contributed by atoms with Gasteiger partial charge in [0.1, 0.15) is 11.5 Å². The Kier molecular flexibility index (Phi) is 5.49. The summed E-state index contributed by atoms with van der Waals surface area (Å²) in [6.45, 7) is 2.42. The SMILES string of the molecule is CCOc1ccc(OCC(=O)Nc2ccc(Cl)c(N)c2)cc1. The molecule has 2 rings (SSSR count). The van der Waals surface area contributed by atoms with Crippen LogP contribution in [0.3, 0.4) is 0 Å². The first-order chi connectivity index (χ1) is 10.6. The van der Waals surface area contributed by atoms with Crippen LogP contribution < -0.4 is 20.5 Å². The van der Waals surface area contributed by atoms with Gasteiger partial charge in [0.2, 0.25) is 0 Å². The maximum Gasteiger partial charge on any atom is 0.262 e. The van der Waals surface area contributed by atoms with Crippen molar-refractivity contribution in [3.63, 3.8) is 0 Å². The summed E-state index contributed by atoms with van der Waals surface area (Å²) in [4.78, 5) is 11.8. The zero-order chi connectivity index (χ0) is 15.9. The zero-order valence-electron chi connectivity index (χ0n) is 12.1. The number of nitrogen functional groups attached to an aromatic ring is 1. The van der Waals surface area contributed by atoms with Gasteiger partial charge in [0, 0.05) is 5.69 Å². The highest BCUT2D eigenvalue weighted by Crippen LogP contribution is 2.22. The summed E-state index contributed by atoms with van der Waals surface area (Å²) in [5.74, 6) is 1.07. The summed E-state index contributed by atoms with van der Waals surface area (Å²) in [5.41, 5.74) is 6.65. The number of nitrogens with two attached hydrogens (primary N) is 1. The third kappa shape index (κ3) is 4.56. The Morgan fingerprint density at radius 3 is 2.36 bits per heavy atom. The van der Waals surface area contributed by atoms with Gasteiger partial charge in [-0.3, -0.25) is 4.79 Å². The molecule has 0 fully saturated rings. The van der Waals surface area contributed by atoms with Crippen molar-refractivity contribution in [1.82, 2.24) is 0 Å². The van der Waals surface area contributed by atoms with Gasteiger partial charge >= 0.3 is 0 Å². The predicted molar refractivity (Wildman–Crippen MR) is 87.6 cm³/mol. The molecule has 2 aromatic carbocycles. The first kappa shape index (κ1) is 16.0. The number of nitrogens with one attached hydrogen (secondary N) is 1. The van der Waals surface area contributed by atoms with Gasteiger partial charge in [-0.2, -0.15) is 0 Å². The van der Waals surface area contributed by atoms with Gasteiger partial charge in [-0.1, -0.05) is 11.6 Å². The van der Waals surface area contributed by atoms with E-state index in [1.165, 1.54) is 0 Å². The van der Waals surface area contributed by atoms with Gasteiger partial charge in [-0.25, -0.2) is 0 Å². The van der Waals surface area contributed by atoms with Crippen LogP contribution in [0.2, 0.25) is 5.02 Å². The Bertz CT molecular complexity index is 644. The van der Waals surface area contributed by atoms with Gasteiger partial charge in [-0.15, -0.1) is 0 Å². The van der Waals surface area contributed by atoms with Crippen molar-refractivity contribution in [2.75, 3.05) is 24.3 Å². The fourth-order valence-electron chi connectivity index (χ4n) is 1.77. The molecule has 0 radical (unpaired) electrons. The molecule has 3 N–H and O–H groups in total. The molecule has 0 aromatic heterocycles. The highest BCUT2D eigenvalue weighted by Gasteiger charge is 2.05. The number of rotatable bonds is 6. The predicted octanol–water partition coefficient (Wildman–Crippen LogP) is 3.34. The lowest BCUT2D eigenvalue weighted by Gasteiger charge is -2.09. The van der Waals surface area contributed by atoms with Crippen LogP contribution >= 0.6 is 11.6 Å². The second-order valence-corrected chi connectivity index (χ2v) is 4.88. The quantitative estimate of drug-likeness (QED) is 0.801. The summed E-state index contributed by atoms with van der Waals surface area (Å²) in [7, 11) is 0. The molecule has 5 nitrogen and oxygen atoms in total. The highest BCUT2D eigenvalue weighted by molar-refractivity contribution is 6.33. The van der Waals surface area contributed by atoms with E-state index in [-0.39, 0.29) is 12.5 Å². The molecule has 0 bridgehead atoms. The molecule has 0 aliphatic carbocycles. The Morgan fingerprint density at radius 1 is 1.14 bits per heavy atom. The van der Waals surface area contributed by atoms with Crippen LogP contribution in [0.15, 0.2) is 42.5 Å². The molecular formula is C16H17ClN2O3. The smallest absolute Gasteiger partial charge is 0.262 e. The molecule has 0 heterocycles. The molecule has 6 heteroatoms. The molecule has 116 valence electrons. The zero-order valence-corrected chi connectivity index (χ0v) is 12.9. The topological polar surface area (TPSA) is 73.6 Å². The number of hydrogen-bond acceptors (Lipinski definition) is 4. The van der Waals surface area contributed by atoms with E-state index in [2.05, 4.69) is 5.32 Å². The fraction of sp³-hybridized carbons (Fsp3) is 0.188. The molecule has 0 unspecified atom stereocenters. The molecule has 0 saturated carbocycles. The van der Waals surface area contributed by atoms with Crippen LogP contribution in [0, 0.1) is 0 Å². The Balaban J connectivity index is 1.85. The van der Waals surface area contributed by atoms with E-state index in [0.717, 1.165) is 5.75 Å². The highest BCUT2D eigenvalue weighted by atomic mass is 35.5. The molecule has 0 atom stereocenters. The van der Waals surface area contributed by atoms with Crippen molar-refractivity contribution in [2.45, 2.75) is 6.92 Å². The van der Waals surface area contributed by atoms with Gasteiger partial charge in [0.25, 0.3) is 5.91 Å². The largest absolute Gasteiger partial charge is 0.494 e. The first-order valence-corrected chi connectivity index (χ1v) is 7.17. The summed E-state index contributed by atoms with van der Waals surface area (Å²) in [5, 5.41) is 3.13. The van der Waals surface area contributed by atoms with E-state index in [1.54, 1.807) is 42.5 Å². The number of halogens is 1. The van der Waals surface area contributed by atoms with Gasteiger partial charge < -0.3 is 20.5 Å². The minimum Gasteiger partial charge on any atom is -0.494 e. The summed E-state index contributed by atoms with van der Waals surface area (Å²) < 4.78 is 10.7. The maximum absolute atomic E-state index is 11.8. The first-order valence-electron chi connectivity index (χ1n) is 6.79. The van der Waals surface area contributed by atoms with E-state index in [0.29, 0.717) is 28.8 Å². The van der Waals surface area contributed by atoms with Crippen molar-refractivity contribution < 1.29 is 14.3 Å². The van der Waals surface area contributed by atoms with Crippen LogP contribution in [-0.2, 0) is 4.79 Å². The second kappa shape index (κ2) is 7.56. The second-order valence-electron chi connectivity index (χ2n) is 4.48. The molecule has 0 aliphatic heterocycles. The van der Waals surface area contributed by atoms with Crippen molar-refractivity contribution in [3.05, 3.63) is 47.5 Å². The van der Waals surface area contributed by atoms with E-state index in [1.807, 2.05) is 6.92 Å². The van der Waals surface area contributed by atoms with E-state index in [9.17, 15) is 4.79 Å². The molecule has 0 saturated heterocycles. The maximum atomic E-state index is 11.8. The lowest BCUT2D eigenvalue weighted by Crippen LogP contribution is -2.20.